The number of carboxylic acid groups (broad SMARTS) is 1. The molecule has 2 fully saturated rings. The Morgan fingerprint density at radius 2 is 2.00 bits per heavy atom. The molecule has 0 radical (unpaired) electrons. The molecule has 0 bridgehead atoms. The Balaban J connectivity index is 1.17. The number of imidazole rings is 1. The van der Waals surface area contributed by atoms with Gasteiger partial charge in [-0.2, -0.15) is 10.2 Å². The molecule has 1 N–H and O–H groups in total. The van der Waals surface area contributed by atoms with Gasteiger partial charge < -0.3 is 24.0 Å². The maximum absolute atomic E-state index is 14.5. The smallest absolute Gasteiger partial charge is 0.338 e. The van der Waals surface area contributed by atoms with Crippen LogP contribution in [0.4, 0.5) is 14.6 Å². The Bertz CT molecular complexity index is 1730. The summed E-state index contributed by atoms with van der Waals surface area (Å²) in [5.41, 5.74) is 1.23. The lowest BCUT2D eigenvalue weighted by atomic mass is 10.1. The lowest BCUT2D eigenvalue weighted by Gasteiger charge is -2.41. The lowest BCUT2D eigenvalue weighted by molar-refractivity contribution is -0.0592. The van der Waals surface area contributed by atoms with Crippen molar-refractivity contribution in [2.45, 2.75) is 51.6 Å². The fraction of sp³-hybridized carbons (Fsp3) is 0.375. The highest BCUT2D eigenvalue weighted by atomic mass is 19.1. The molecule has 2 atom stereocenters. The van der Waals surface area contributed by atoms with E-state index in [2.05, 4.69) is 21.7 Å². The highest BCUT2D eigenvalue weighted by molar-refractivity contribution is 5.93. The number of pyridine rings is 1. The molecule has 4 heterocycles. The molecule has 12 heteroatoms. The minimum Gasteiger partial charge on any atom is -0.478 e. The second-order valence-electron chi connectivity index (χ2n) is 11.1. The molecular weight excluding hydrogens is 570 g/mol. The van der Waals surface area contributed by atoms with Crippen molar-refractivity contribution in [3.05, 3.63) is 82.7 Å². The number of hydrogen-bond acceptors (Lipinski definition) is 8. The number of benzene rings is 2. The van der Waals surface area contributed by atoms with E-state index in [0.717, 1.165) is 31.0 Å². The molecule has 2 saturated heterocycles. The van der Waals surface area contributed by atoms with Crippen LogP contribution in [0, 0.1) is 23.0 Å². The Hall–Kier alpha value is -4.60. The number of aromatic nitrogens is 3. The van der Waals surface area contributed by atoms with Crippen molar-refractivity contribution in [2.24, 2.45) is 0 Å². The highest BCUT2D eigenvalue weighted by Crippen LogP contribution is 2.27. The molecule has 4 aromatic rings. The third-order valence-electron chi connectivity index (χ3n) is 8.34. The topological polar surface area (TPSA) is 117 Å². The van der Waals surface area contributed by atoms with E-state index in [1.165, 1.54) is 24.3 Å². The molecule has 0 saturated carbocycles. The van der Waals surface area contributed by atoms with Gasteiger partial charge in [-0.1, -0.05) is 19.1 Å². The Morgan fingerprint density at radius 3 is 2.70 bits per heavy atom. The number of nitrogens with zero attached hydrogens (tertiary/aromatic N) is 6. The molecule has 2 aliphatic rings. The van der Waals surface area contributed by atoms with Crippen LogP contribution in [0.2, 0.25) is 0 Å². The number of halogens is 2. The Kier molecular flexibility index (Phi) is 8.41. The molecule has 44 heavy (non-hydrogen) atoms. The van der Waals surface area contributed by atoms with Gasteiger partial charge in [0.2, 0.25) is 5.88 Å². The second kappa shape index (κ2) is 12.6. The zero-order valence-electron chi connectivity index (χ0n) is 24.2. The molecule has 0 aliphatic carbocycles. The number of ether oxygens (including phenoxy) is 2. The van der Waals surface area contributed by atoms with Crippen molar-refractivity contribution in [3.8, 4) is 11.9 Å². The second-order valence-corrected chi connectivity index (χ2v) is 11.1. The van der Waals surface area contributed by atoms with E-state index in [1.54, 1.807) is 12.1 Å². The van der Waals surface area contributed by atoms with Gasteiger partial charge in [-0.3, -0.25) is 4.90 Å². The summed E-state index contributed by atoms with van der Waals surface area (Å²) in [5, 5.41) is 18.4. The zero-order chi connectivity index (χ0) is 30.8. The Labute approximate surface area is 253 Å². The van der Waals surface area contributed by atoms with Crippen LogP contribution in [-0.4, -0.2) is 68.9 Å². The third-order valence-corrected chi connectivity index (χ3v) is 8.34. The summed E-state index contributed by atoms with van der Waals surface area (Å²) < 4.78 is 42.3. The first-order valence-corrected chi connectivity index (χ1v) is 14.6. The first kappa shape index (κ1) is 29.5. The van der Waals surface area contributed by atoms with Gasteiger partial charge in [0.15, 0.2) is 0 Å². The summed E-state index contributed by atoms with van der Waals surface area (Å²) >= 11 is 0. The van der Waals surface area contributed by atoms with Crippen LogP contribution in [0.5, 0.6) is 5.88 Å². The molecule has 10 nitrogen and oxygen atoms in total. The summed E-state index contributed by atoms with van der Waals surface area (Å²) in [5.74, 6) is -0.739. The predicted molar refractivity (Wildman–Crippen MR) is 157 cm³/mol. The Morgan fingerprint density at radius 1 is 1.16 bits per heavy atom. The van der Waals surface area contributed by atoms with Crippen LogP contribution >= 0.6 is 0 Å². The van der Waals surface area contributed by atoms with Gasteiger partial charge in [-0.05, 0) is 37.1 Å². The van der Waals surface area contributed by atoms with Gasteiger partial charge >= 0.3 is 5.97 Å². The molecule has 228 valence electrons. The highest BCUT2D eigenvalue weighted by Gasteiger charge is 2.30. The van der Waals surface area contributed by atoms with E-state index in [4.69, 9.17) is 19.7 Å². The van der Waals surface area contributed by atoms with E-state index < -0.39 is 17.6 Å². The number of nitriles is 1. The third kappa shape index (κ3) is 6.06. The van der Waals surface area contributed by atoms with Gasteiger partial charge in [0.1, 0.15) is 29.9 Å². The van der Waals surface area contributed by atoms with Crippen molar-refractivity contribution in [2.75, 3.05) is 31.1 Å². The number of carboxylic acids is 1. The number of carbonyl (C=O) groups is 1. The van der Waals surface area contributed by atoms with E-state index in [0.29, 0.717) is 55.3 Å². The van der Waals surface area contributed by atoms with Gasteiger partial charge in [0, 0.05) is 50.0 Å². The maximum atomic E-state index is 14.5. The molecule has 6 rings (SSSR count). The van der Waals surface area contributed by atoms with Crippen LogP contribution in [0.3, 0.4) is 0 Å². The molecule has 2 aromatic carbocycles. The summed E-state index contributed by atoms with van der Waals surface area (Å²) in [6.45, 7) is 5.97. The van der Waals surface area contributed by atoms with Crippen molar-refractivity contribution in [1.29, 1.82) is 5.26 Å². The minimum absolute atomic E-state index is 0.00981. The zero-order valence-corrected chi connectivity index (χ0v) is 24.2. The molecule has 0 amide bonds. The van der Waals surface area contributed by atoms with Crippen LogP contribution in [0.15, 0.2) is 48.5 Å². The molecule has 2 aromatic heterocycles. The monoisotopic (exact) mass is 602 g/mol. The van der Waals surface area contributed by atoms with Crippen molar-refractivity contribution in [1.82, 2.24) is 19.4 Å². The van der Waals surface area contributed by atoms with Crippen molar-refractivity contribution in [3.63, 3.8) is 0 Å². The first-order chi connectivity index (χ1) is 21.3. The standard InChI is InChI=1S/C32H32F2N6O4/c1-2-22-16-39(29-4-3-5-31(37-29)44-19-21-7-6-20(15-35)12-25(21)33)10-9-38(22)18-30-36-27-14-26(34)24(32(41)42)13-28(27)40(30)17-23-8-11-43-23/h3-7,12-14,22-23H,2,8-11,16-19H2,1H3,(H,41,42)/t22-,23-/m0/s1. The molecular formula is C32H32F2N6O4. The average molecular weight is 603 g/mol. The van der Waals surface area contributed by atoms with Gasteiger partial charge in [0.25, 0.3) is 0 Å². The van der Waals surface area contributed by atoms with E-state index >= 15 is 0 Å². The van der Waals surface area contributed by atoms with Crippen LogP contribution in [0.25, 0.3) is 11.0 Å². The number of hydrogen-bond donors (Lipinski definition) is 1. The fourth-order valence-corrected chi connectivity index (χ4v) is 5.74. The van der Waals surface area contributed by atoms with Gasteiger partial charge in [-0.15, -0.1) is 0 Å². The van der Waals surface area contributed by atoms with Gasteiger partial charge in [-0.25, -0.2) is 18.6 Å². The summed E-state index contributed by atoms with van der Waals surface area (Å²) in [6.07, 6.45) is 1.78. The SMILES string of the molecule is CC[C@H]1CN(c2cccc(OCc3ccc(C#N)cc3F)n2)CCN1Cc1nc2cc(F)c(C(=O)O)cc2n1C[C@@H]1CCO1. The van der Waals surface area contributed by atoms with Crippen LogP contribution in [0.1, 0.15) is 47.1 Å². The summed E-state index contributed by atoms with van der Waals surface area (Å²) in [6, 6.07) is 14.4. The number of piperazine rings is 1. The molecule has 0 unspecified atom stereocenters. The van der Waals surface area contributed by atoms with E-state index in [-0.39, 0.29) is 29.9 Å². The largest absolute Gasteiger partial charge is 0.478 e. The molecule has 0 spiro atoms. The first-order valence-electron chi connectivity index (χ1n) is 14.6. The van der Waals surface area contributed by atoms with Crippen molar-refractivity contribution >= 4 is 22.8 Å². The van der Waals surface area contributed by atoms with Crippen molar-refractivity contribution < 1.29 is 28.2 Å². The predicted octanol–water partition coefficient (Wildman–Crippen LogP) is 4.75. The quantitative estimate of drug-likeness (QED) is 0.275. The van der Waals surface area contributed by atoms with Gasteiger partial charge in [0.05, 0.1) is 47.4 Å². The number of aromatic carboxylic acids is 1. The van der Waals surface area contributed by atoms with E-state index in [1.807, 2.05) is 22.8 Å². The number of rotatable bonds is 10. The average Bonchev–Trinajstić information content (AvgIpc) is 3.33. The number of anilines is 1. The summed E-state index contributed by atoms with van der Waals surface area (Å²) in [4.78, 5) is 25.6. The van der Waals surface area contributed by atoms with Crippen LogP contribution in [-0.2, 0) is 24.4 Å². The lowest BCUT2D eigenvalue weighted by Crippen LogP contribution is -2.53. The minimum atomic E-state index is -1.31. The number of fused-ring (bicyclic) bond motifs is 1. The maximum Gasteiger partial charge on any atom is 0.338 e. The molecule has 2 aliphatic heterocycles. The normalized spacial score (nSPS) is 18.6. The summed E-state index contributed by atoms with van der Waals surface area (Å²) in [7, 11) is 0. The van der Waals surface area contributed by atoms with E-state index in [9.17, 15) is 18.7 Å². The fourth-order valence-electron chi connectivity index (χ4n) is 5.74. The van der Waals surface area contributed by atoms with Crippen LogP contribution < -0.4 is 9.64 Å².